The highest BCUT2D eigenvalue weighted by atomic mass is 32.2. The third-order valence-corrected chi connectivity index (χ3v) is 5.19. The standard InChI is InChI=1S/C20H15N5OS/c1-12-7-8-14(11-13(12)2)17-19(26)23-18-15-5-3-4-6-16(15)22-20(25(18)24-17)27-10-9-21/h3-8,11H,10H2,1-2H3. The molecule has 0 N–H and O–H groups in total. The van der Waals surface area contributed by atoms with Crippen LogP contribution in [0.3, 0.4) is 0 Å². The molecule has 2 heterocycles. The fourth-order valence-corrected chi connectivity index (χ4v) is 3.47. The lowest BCUT2D eigenvalue weighted by Gasteiger charge is -2.10. The van der Waals surface area contributed by atoms with Crippen LogP contribution >= 0.6 is 11.8 Å². The van der Waals surface area contributed by atoms with Crippen molar-refractivity contribution in [2.75, 3.05) is 5.75 Å². The molecule has 0 spiro atoms. The SMILES string of the molecule is Cc1ccc(-c2nn3c(SCC#N)nc4ccccc4c3nc2=O)cc1C. The molecule has 6 nitrogen and oxygen atoms in total. The van der Waals surface area contributed by atoms with E-state index in [0.717, 1.165) is 22.1 Å². The minimum Gasteiger partial charge on any atom is -0.265 e. The lowest BCUT2D eigenvalue weighted by Crippen LogP contribution is -2.18. The van der Waals surface area contributed by atoms with E-state index in [-0.39, 0.29) is 17.0 Å². The van der Waals surface area contributed by atoms with Crippen molar-refractivity contribution in [2.45, 2.75) is 19.0 Å². The zero-order chi connectivity index (χ0) is 19.0. The fraction of sp³-hybridized carbons (Fsp3) is 0.150. The molecule has 0 saturated heterocycles. The second kappa shape index (κ2) is 6.82. The van der Waals surface area contributed by atoms with Gasteiger partial charge in [0.2, 0.25) is 0 Å². The number of aromatic nitrogens is 4. The van der Waals surface area contributed by atoms with Gasteiger partial charge in [-0.25, -0.2) is 4.98 Å². The number of nitrogens with zero attached hydrogens (tertiary/aromatic N) is 5. The number of para-hydroxylation sites is 1. The third kappa shape index (κ3) is 3.04. The Labute approximate surface area is 159 Å². The van der Waals surface area contributed by atoms with E-state index in [4.69, 9.17) is 5.26 Å². The van der Waals surface area contributed by atoms with Gasteiger partial charge < -0.3 is 0 Å². The summed E-state index contributed by atoms with van der Waals surface area (Å²) in [6.45, 7) is 4.01. The van der Waals surface area contributed by atoms with Gasteiger partial charge in [-0.3, -0.25) is 4.79 Å². The number of rotatable bonds is 3. The Balaban J connectivity index is 2.04. The third-order valence-electron chi connectivity index (χ3n) is 4.40. The summed E-state index contributed by atoms with van der Waals surface area (Å²) in [5, 5.41) is 14.8. The molecule has 0 bridgehead atoms. The predicted molar refractivity (Wildman–Crippen MR) is 106 cm³/mol. The van der Waals surface area contributed by atoms with Crippen LogP contribution in [0.1, 0.15) is 11.1 Å². The smallest absolute Gasteiger partial charge is 0.265 e. The van der Waals surface area contributed by atoms with Crippen molar-refractivity contribution in [2.24, 2.45) is 0 Å². The van der Waals surface area contributed by atoms with E-state index in [9.17, 15) is 4.79 Å². The maximum atomic E-state index is 12.7. The van der Waals surface area contributed by atoms with Crippen LogP contribution in [0.5, 0.6) is 0 Å². The number of aryl methyl sites for hydroxylation is 2. The molecule has 0 radical (unpaired) electrons. The Morgan fingerprint density at radius 2 is 1.93 bits per heavy atom. The Hall–Kier alpha value is -3.24. The monoisotopic (exact) mass is 373 g/mol. The summed E-state index contributed by atoms with van der Waals surface area (Å²) in [4.78, 5) is 21.6. The molecule has 0 amide bonds. The fourth-order valence-electron chi connectivity index (χ4n) is 2.87. The minimum absolute atomic E-state index is 0.229. The van der Waals surface area contributed by atoms with Crippen LogP contribution in [0.4, 0.5) is 0 Å². The topological polar surface area (TPSA) is 83.9 Å². The van der Waals surface area contributed by atoms with Crippen LogP contribution in [0, 0.1) is 25.2 Å². The van der Waals surface area contributed by atoms with Crippen molar-refractivity contribution >= 4 is 28.3 Å². The zero-order valence-corrected chi connectivity index (χ0v) is 15.6. The molecule has 0 atom stereocenters. The van der Waals surface area contributed by atoms with Gasteiger partial charge in [0.25, 0.3) is 5.56 Å². The van der Waals surface area contributed by atoms with E-state index >= 15 is 0 Å². The Morgan fingerprint density at radius 3 is 2.70 bits per heavy atom. The van der Waals surface area contributed by atoms with Gasteiger partial charge in [0.1, 0.15) is 0 Å². The van der Waals surface area contributed by atoms with E-state index < -0.39 is 0 Å². The summed E-state index contributed by atoms with van der Waals surface area (Å²) in [6, 6.07) is 15.3. The number of hydrogen-bond donors (Lipinski definition) is 0. The van der Waals surface area contributed by atoms with Gasteiger partial charge in [0, 0.05) is 10.9 Å². The molecule has 27 heavy (non-hydrogen) atoms. The Morgan fingerprint density at radius 1 is 1.11 bits per heavy atom. The molecule has 2 aromatic carbocycles. The molecule has 0 aliphatic carbocycles. The van der Waals surface area contributed by atoms with Crippen LogP contribution in [0.2, 0.25) is 0 Å². The molecule has 7 heteroatoms. The van der Waals surface area contributed by atoms with E-state index in [0.29, 0.717) is 16.3 Å². The van der Waals surface area contributed by atoms with Crippen molar-refractivity contribution in [3.05, 3.63) is 63.9 Å². The van der Waals surface area contributed by atoms with Crippen molar-refractivity contribution in [1.29, 1.82) is 5.26 Å². The number of thioether (sulfide) groups is 1. The summed E-state index contributed by atoms with van der Waals surface area (Å²) in [5.41, 5.74) is 3.98. The lowest BCUT2D eigenvalue weighted by atomic mass is 10.0. The number of fused-ring (bicyclic) bond motifs is 3. The first-order valence-electron chi connectivity index (χ1n) is 8.35. The maximum Gasteiger partial charge on any atom is 0.300 e. The van der Waals surface area contributed by atoms with Crippen LogP contribution in [-0.4, -0.2) is 25.3 Å². The highest BCUT2D eigenvalue weighted by molar-refractivity contribution is 7.99. The quantitative estimate of drug-likeness (QED) is 0.310. The average Bonchev–Trinajstić information content (AvgIpc) is 2.68. The van der Waals surface area contributed by atoms with Gasteiger partial charge >= 0.3 is 0 Å². The molecule has 132 valence electrons. The molecule has 0 saturated carbocycles. The van der Waals surface area contributed by atoms with Crippen LogP contribution in [-0.2, 0) is 0 Å². The highest BCUT2D eigenvalue weighted by Gasteiger charge is 2.15. The van der Waals surface area contributed by atoms with Gasteiger partial charge in [0.15, 0.2) is 16.5 Å². The van der Waals surface area contributed by atoms with Gasteiger partial charge in [-0.2, -0.15) is 19.9 Å². The minimum atomic E-state index is -0.383. The van der Waals surface area contributed by atoms with E-state index in [1.807, 2.05) is 56.3 Å². The average molecular weight is 373 g/mol. The van der Waals surface area contributed by atoms with Gasteiger partial charge in [-0.05, 0) is 43.2 Å². The van der Waals surface area contributed by atoms with Crippen LogP contribution < -0.4 is 5.56 Å². The Bertz CT molecular complexity index is 1290. The normalized spacial score (nSPS) is 11.0. The van der Waals surface area contributed by atoms with Crippen molar-refractivity contribution in [3.8, 4) is 17.3 Å². The van der Waals surface area contributed by atoms with E-state index in [1.165, 1.54) is 11.8 Å². The van der Waals surface area contributed by atoms with Crippen LogP contribution in [0.25, 0.3) is 27.8 Å². The summed E-state index contributed by atoms with van der Waals surface area (Å²) < 4.78 is 1.57. The molecule has 0 fully saturated rings. The van der Waals surface area contributed by atoms with Crippen molar-refractivity contribution < 1.29 is 0 Å². The zero-order valence-electron chi connectivity index (χ0n) is 14.8. The van der Waals surface area contributed by atoms with Crippen molar-refractivity contribution in [1.82, 2.24) is 19.6 Å². The summed E-state index contributed by atoms with van der Waals surface area (Å²) >= 11 is 1.27. The van der Waals surface area contributed by atoms with Gasteiger partial charge in [-0.1, -0.05) is 36.0 Å². The maximum absolute atomic E-state index is 12.7. The second-order valence-corrected chi connectivity index (χ2v) is 7.10. The summed E-state index contributed by atoms with van der Waals surface area (Å²) in [5.74, 6) is 0.229. The largest absolute Gasteiger partial charge is 0.300 e. The van der Waals surface area contributed by atoms with Gasteiger partial charge in [0.05, 0.1) is 17.3 Å². The number of hydrogen-bond acceptors (Lipinski definition) is 6. The summed E-state index contributed by atoms with van der Waals surface area (Å²) in [6.07, 6.45) is 0. The molecule has 4 rings (SSSR count). The molecule has 0 aliphatic rings. The molecule has 2 aromatic heterocycles. The highest BCUT2D eigenvalue weighted by Crippen LogP contribution is 2.24. The van der Waals surface area contributed by atoms with E-state index in [1.54, 1.807) is 4.52 Å². The lowest BCUT2D eigenvalue weighted by molar-refractivity contribution is 0.770. The molecular weight excluding hydrogens is 358 g/mol. The first-order valence-corrected chi connectivity index (χ1v) is 9.34. The first kappa shape index (κ1) is 17.2. The Kier molecular flexibility index (Phi) is 4.34. The van der Waals surface area contributed by atoms with Gasteiger partial charge in [-0.15, -0.1) is 0 Å². The molecule has 0 unspecified atom stereocenters. The predicted octanol–water partition coefficient (Wildman–Crippen LogP) is 3.54. The number of nitriles is 1. The van der Waals surface area contributed by atoms with Crippen LogP contribution in [0.15, 0.2) is 52.4 Å². The number of benzene rings is 2. The molecular formula is C20H15N5OS. The molecule has 4 aromatic rings. The van der Waals surface area contributed by atoms with E-state index in [2.05, 4.69) is 21.1 Å². The summed E-state index contributed by atoms with van der Waals surface area (Å²) in [7, 11) is 0. The van der Waals surface area contributed by atoms with Crippen molar-refractivity contribution in [3.63, 3.8) is 0 Å². The second-order valence-electron chi connectivity index (χ2n) is 6.16. The first-order chi connectivity index (χ1) is 13.1. The molecule has 0 aliphatic heterocycles.